The molecule has 0 aromatic rings. The number of carbonyl (C=O) groups is 1. The van der Waals surface area contributed by atoms with Crippen molar-refractivity contribution in [1.82, 2.24) is 5.32 Å². The molecular formula is C24H43NO6. The van der Waals surface area contributed by atoms with Crippen LogP contribution in [0.3, 0.4) is 0 Å². The lowest BCUT2D eigenvalue weighted by Crippen LogP contribution is -2.59. The number of fused-ring (bicyclic) bond motifs is 3. The average molecular weight is 442 g/mol. The molecule has 3 saturated heterocycles. The molecule has 0 spiro atoms. The topological polar surface area (TPSA) is 75.3 Å². The summed E-state index contributed by atoms with van der Waals surface area (Å²) in [6, 6.07) is 0. The molecule has 0 radical (unpaired) electrons. The van der Waals surface area contributed by atoms with Gasteiger partial charge in [0, 0.05) is 6.54 Å². The van der Waals surface area contributed by atoms with Crippen molar-refractivity contribution in [2.45, 2.75) is 141 Å². The lowest BCUT2D eigenvalue weighted by molar-refractivity contribution is -0.231. The Morgan fingerprint density at radius 3 is 1.87 bits per heavy atom. The molecule has 1 amide bonds. The van der Waals surface area contributed by atoms with Gasteiger partial charge in [-0.3, -0.25) is 4.79 Å². The predicted molar refractivity (Wildman–Crippen MR) is 117 cm³/mol. The highest BCUT2D eigenvalue weighted by Gasteiger charge is 2.62. The van der Waals surface area contributed by atoms with Gasteiger partial charge in [0.15, 0.2) is 24.0 Å². The summed E-state index contributed by atoms with van der Waals surface area (Å²) in [6.07, 6.45) is 9.96. The summed E-state index contributed by atoms with van der Waals surface area (Å²) in [5, 5.41) is 3.02. The summed E-state index contributed by atoms with van der Waals surface area (Å²) in [5.41, 5.74) is 0. The van der Waals surface area contributed by atoms with Crippen LogP contribution in [0, 0.1) is 0 Å². The van der Waals surface area contributed by atoms with Gasteiger partial charge in [0.05, 0.1) is 0 Å². The van der Waals surface area contributed by atoms with Crippen molar-refractivity contribution in [2.75, 3.05) is 6.54 Å². The first kappa shape index (κ1) is 24.9. The molecule has 31 heavy (non-hydrogen) atoms. The molecule has 5 atom stereocenters. The maximum Gasteiger partial charge on any atom is 0.252 e. The second-order valence-electron chi connectivity index (χ2n) is 10.1. The van der Waals surface area contributed by atoms with Crippen molar-refractivity contribution in [3.8, 4) is 0 Å². The highest BCUT2D eigenvalue weighted by Crippen LogP contribution is 2.44. The summed E-state index contributed by atoms with van der Waals surface area (Å²) >= 11 is 0. The molecule has 3 aliphatic rings. The van der Waals surface area contributed by atoms with Gasteiger partial charge in [0.1, 0.15) is 18.3 Å². The summed E-state index contributed by atoms with van der Waals surface area (Å²) in [5.74, 6) is -1.74. The van der Waals surface area contributed by atoms with E-state index in [1.807, 2.05) is 27.7 Å². The van der Waals surface area contributed by atoms with Crippen molar-refractivity contribution >= 4 is 5.91 Å². The van der Waals surface area contributed by atoms with E-state index in [9.17, 15) is 4.79 Å². The molecule has 0 unspecified atom stereocenters. The van der Waals surface area contributed by atoms with Crippen LogP contribution >= 0.6 is 0 Å². The van der Waals surface area contributed by atoms with Crippen molar-refractivity contribution in [2.24, 2.45) is 0 Å². The van der Waals surface area contributed by atoms with E-state index in [0.717, 1.165) is 12.8 Å². The fourth-order valence-corrected chi connectivity index (χ4v) is 4.75. The normalized spacial score (nSPS) is 33.1. The predicted octanol–water partition coefficient (Wildman–Crippen LogP) is 4.42. The Morgan fingerprint density at radius 1 is 0.710 bits per heavy atom. The summed E-state index contributed by atoms with van der Waals surface area (Å²) in [4.78, 5) is 12.9. The summed E-state index contributed by atoms with van der Waals surface area (Å²) in [7, 11) is 0. The van der Waals surface area contributed by atoms with Gasteiger partial charge >= 0.3 is 0 Å². The number of nitrogens with one attached hydrogen (secondary N) is 1. The summed E-state index contributed by atoms with van der Waals surface area (Å²) < 4.78 is 29.9. The van der Waals surface area contributed by atoms with E-state index < -0.39 is 42.3 Å². The second kappa shape index (κ2) is 10.9. The van der Waals surface area contributed by atoms with Crippen LogP contribution in [0.5, 0.6) is 0 Å². The van der Waals surface area contributed by atoms with Crippen LogP contribution in [0.4, 0.5) is 0 Å². The second-order valence-corrected chi connectivity index (χ2v) is 10.1. The SMILES string of the molecule is CCCCCCCCCCCCNC(=O)[C@H]1O[C@@H]2OC(C)(C)O[C@@H]2[C@H]2OC(C)(C)O[C@H]21. The lowest BCUT2D eigenvalue weighted by Gasteiger charge is -2.36. The minimum atomic E-state index is -0.793. The Bertz CT molecular complexity index is 580. The Kier molecular flexibility index (Phi) is 8.78. The first-order valence-electron chi connectivity index (χ1n) is 12.4. The van der Waals surface area contributed by atoms with Crippen LogP contribution < -0.4 is 5.32 Å². The van der Waals surface area contributed by atoms with Crippen LogP contribution in [-0.4, -0.2) is 54.7 Å². The average Bonchev–Trinajstić information content (AvgIpc) is 3.19. The van der Waals surface area contributed by atoms with Gasteiger partial charge < -0.3 is 29.0 Å². The number of rotatable bonds is 12. The smallest absolute Gasteiger partial charge is 0.252 e. The molecule has 3 rings (SSSR count). The zero-order valence-corrected chi connectivity index (χ0v) is 20.1. The van der Waals surface area contributed by atoms with E-state index in [0.29, 0.717) is 6.54 Å². The van der Waals surface area contributed by atoms with Gasteiger partial charge in [-0.25, -0.2) is 0 Å². The number of ether oxygens (including phenoxy) is 5. The molecule has 7 heteroatoms. The van der Waals surface area contributed by atoms with Crippen LogP contribution in [-0.2, 0) is 28.5 Å². The molecular weight excluding hydrogens is 398 g/mol. The zero-order valence-electron chi connectivity index (χ0n) is 20.1. The Hall–Kier alpha value is -0.730. The molecule has 180 valence electrons. The first-order chi connectivity index (χ1) is 14.7. The molecule has 1 N–H and O–H groups in total. The number of hydrogen-bond acceptors (Lipinski definition) is 6. The fraction of sp³-hybridized carbons (Fsp3) is 0.958. The highest BCUT2D eigenvalue weighted by molar-refractivity contribution is 5.81. The van der Waals surface area contributed by atoms with E-state index in [-0.39, 0.29) is 5.91 Å². The van der Waals surface area contributed by atoms with E-state index in [1.54, 1.807) is 0 Å². The Labute approximate surface area is 187 Å². The van der Waals surface area contributed by atoms with Gasteiger partial charge in [-0.1, -0.05) is 64.7 Å². The number of carbonyl (C=O) groups excluding carboxylic acids is 1. The van der Waals surface area contributed by atoms with Crippen LogP contribution in [0.25, 0.3) is 0 Å². The molecule has 0 bridgehead atoms. The molecule has 0 aliphatic carbocycles. The van der Waals surface area contributed by atoms with Gasteiger partial charge in [0.25, 0.3) is 5.91 Å². The van der Waals surface area contributed by atoms with Gasteiger partial charge in [0.2, 0.25) is 0 Å². The minimum absolute atomic E-state index is 0.168. The van der Waals surface area contributed by atoms with Crippen LogP contribution in [0.2, 0.25) is 0 Å². The monoisotopic (exact) mass is 441 g/mol. The number of amides is 1. The van der Waals surface area contributed by atoms with Crippen molar-refractivity contribution < 1.29 is 28.5 Å². The minimum Gasteiger partial charge on any atom is -0.354 e. The lowest BCUT2D eigenvalue weighted by atomic mass is 9.98. The molecule has 0 saturated carbocycles. The molecule has 7 nitrogen and oxygen atoms in total. The largest absolute Gasteiger partial charge is 0.354 e. The molecule has 3 fully saturated rings. The van der Waals surface area contributed by atoms with Crippen LogP contribution in [0.15, 0.2) is 0 Å². The Morgan fingerprint density at radius 2 is 1.23 bits per heavy atom. The first-order valence-corrected chi connectivity index (χ1v) is 12.4. The number of hydrogen-bond donors (Lipinski definition) is 1. The zero-order chi connectivity index (χ0) is 22.5. The summed E-state index contributed by atoms with van der Waals surface area (Å²) in [6.45, 7) is 10.3. The van der Waals surface area contributed by atoms with Gasteiger partial charge in [-0.2, -0.15) is 0 Å². The standard InChI is InChI=1S/C24H43NO6/c1-6-7-8-9-10-11-12-13-14-15-16-25-21(26)19-17-18(29-23(2,3)28-17)20-22(27-19)31-24(4,5)30-20/h17-20,22H,6-16H2,1-5H3,(H,25,26)/t17-,18+,19+,20-,22-/m1/s1. The van der Waals surface area contributed by atoms with Gasteiger partial charge in [-0.15, -0.1) is 0 Å². The quantitative estimate of drug-likeness (QED) is 0.452. The third-order valence-electron chi connectivity index (χ3n) is 6.24. The highest BCUT2D eigenvalue weighted by atomic mass is 16.9. The van der Waals surface area contributed by atoms with Crippen molar-refractivity contribution in [1.29, 1.82) is 0 Å². The third kappa shape index (κ3) is 6.87. The maximum absolute atomic E-state index is 12.9. The van der Waals surface area contributed by atoms with Crippen molar-refractivity contribution in [3.63, 3.8) is 0 Å². The van der Waals surface area contributed by atoms with Gasteiger partial charge in [-0.05, 0) is 34.1 Å². The molecule has 0 aromatic heterocycles. The van der Waals surface area contributed by atoms with E-state index >= 15 is 0 Å². The van der Waals surface area contributed by atoms with E-state index in [1.165, 1.54) is 51.4 Å². The van der Waals surface area contributed by atoms with E-state index in [2.05, 4.69) is 12.2 Å². The van der Waals surface area contributed by atoms with Crippen LogP contribution in [0.1, 0.15) is 98.8 Å². The van der Waals surface area contributed by atoms with E-state index in [4.69, 9.17) is 23.7 Å². The molecule has 3 aliphatic heterocycles. The molecule has 3 heterocycles. The Balaban J connectivity index is 1.38. The molecule has 0 aromatic carbocycles. The number of unbranched alkanes of at least 4 members (excludes halogenated alkanes) is 9. The third-order valence-corrected chi connectivity index (χ3v) is 6.24. The maximum atomic E-state index is 12.9. The fourth-order valence-electron chi connectivity index (χ4n) is 4.75. The van der Waals surface area contributed by atoms with Crippen molar-refractivity contribution in [3.05, 3.63) is 0 Å².